The molecular formula is C12H10Cl2F3NO. The molecular weight excluding hydrogens is 302 g/mol. The molecule has 1 saturated heterocycles. The van der Waals surface area contributed by atoms with E-state index in [0.717, 1.165) is 6.07 Å². The summed E-state index contributed by atoms with van der Waals surface area (Å²) < 4.78 is 38.4. The molecule has 1 fully saturated rings. The van der Waals surface area contributed by atoms with Crippen molar-refractivity contribution in [3.8, 4) is 0 Å². The van der Waals surface area contributed by atoms with Crippen LogP contribution in [0.5, 0.6) is 0 Å². The maximum absolute atomic E-state index is 12.8. The van der Waals surface area contributed by atoms with Gasteiger partial charge in [-0.25, -0.2) is 0 Å². The van der Waals surface area contributed by atoms with Gasteiger partial charge < -0.3 is 4.90 Å². The van der Waals surface area contributed by atoms with Gasteiger partial charge in [-0.15, -0.1) is 23.2 Å². The Morgan fingerprint density at radius 3 is 2.42 bits per heavy atom. The van der Waals surface area contributed by atoms with Crippen molar-refractivity contribution in [1.82, 2.24) is 0 Å². The topological polar surface area (TPSA) is 20.3 Å². The summed E-state index contributed by atoms with van der Waals surface area (Å²) in [7, 11) is 0. The van der Waals surface area contributed by atoms with Crippen molar-refractivity contribution < 1.29 is 18.0 Å². The van der Waals surface area contributed by atoms with Crippen LogP contribution >= 0.6 is 23.2 Å². The van der Waals surface area contributed by atoms with Gasteiger partial charge in [-0.05, 0) is 24.6 Å². The lowest BCUT2D eigenvalue weighted by Gasteiger charge is -2.21. The van der Waals surface area contributed by atoms with E-state index < -0.39 is 28.4 Å². The van der Waals surface area contributed by atoms with Crippen molar-refractivity contribution >= 4 is 34.8 Å². The predicted molar refractivity (Wildman–Crippen MR) is 67.8 cm³/mol. The molecule has 2 rings (SSSR count). The van der Waals surface area contributed by atoms with Gasteiger partial charge in [-0.3, -0.25) is 4.79 Å². The van der Waals surface area contributed by atoms with Gasteiger partial charge >= 0.3 is 6.18 Å². The average Bonchev–Trinajstić information content (AvgIpc) is 2.56. The van der Waals surface area contributed by atoms with E-state index in [1.807, 2.05) is 0 Å². The monoisotopic (exact) mass is 311 g/mol. The highest BCUT2D eigenvalue weighted by atomic mass is 35.5. The minimum absolute atomic E-state index is 0.00187. The highest BCUT2D eigenvalue weighted by Gasteiger charge is 2.40. The van der Waals surface area contributed by atoms with E-state index >= 15 is 0 Å². The third kappa shape index (κ3) is 2.54. The standard InChI is InChI=1S/C12H10Cl2F3NO/c1-6-7(12(15,16)17)3-2-4-9(6)18-5-8(13)10(14)11(18)19/h2-4,8,10H,5H2,1H3. The van der Waals surface area contributed by atoms with Crippen LogP contribution < -0.4 is 4.90 Å². The van der Waals surface area contributed by atoms with Gasteiger partial charge in [0.2, 0.25) is 5.91 Å². The number of carbonyl (C=O) groups is 1. The zero-order valence-electron chi connectivity index (χ0n) is 9.84. The summed E-state index contributed by atoms with van der Waals surface area (Å²) in [5.41, 5.74) is -0.562. The van der Waals surface area contributed by atoms with Crippen molar-refractivity contribution in [3.63, 3.8) is 0 Å². The first kappa shape index (κ1) is 14.5. The number of hydrogen-bond acceptors (Lipinski definition) is 1. The fourth-order valence-corrected chi connectivity index (χ4v) is 2.54. The van der Waals surface area contributed by atoms with Crippen LogP contribution in [-0.2, 0) is 11.0 Å². The van der Waals surface area contributed by atoms with Gasteiger partial charge in [0.1, 0.15) is 5.38 Å². The number of hydrogen-bond donors (Lipinski definition) is 0. The molecule has 1 aliphatic heterocycles. The Kier molecular flexibility index (Phi) is 3.71. The van der Waals surface area contributed by atoms with Crippen LogP contribution in [0, 0.1) is 6.92 Å². The number of rotatable bonds is 1. The smallest absolute Gasteiger partial charge is 0.309 e. The Labute approximate surface area is 118 Å². The molecule has 2 atom stereocenters. The minimum Gasteiger partial charge on any atom is -0.309 e. The van der Waals surface area contributed by atoms with Gasteiger partial charge in [-0.2, -0.15) is 13.2 Å². The number of carbonyl (C=O) groups excluding carboxylic acids is 1. The summed E-state index contributed by atoms with van der Waals surface area (Å²) >= 11 is 11.7. The molecule has 1 aliphatic rings. The molecule has 19 heavy (non-hydrogen) atoms. The summed E-state index contributed by atoms with van der Waals surface area (Å²) in [6.45, 7) is 1.44. The molecule has 2 unspecified atom stereocenters. The van der Waals surface area contributed by atoms with E-state index in [2.05, 4.69) is 0 Å². The zero-order valence-corrected chi connectivity index (χ0v) is 11.4. The zero-order chi connectivity index (χ0) is 14.4. The first-order valence-electron chi connectivity index (χ1n) is 5.50. The highest BCUT2D eigenvalue weighted by molar-refractivity contribution is 6.41. The Morgan fingerprint density at radius 2 is 1.95 bits per heavy atom. The number of amides is 1. The van der Waals surface area contributed by atoms with Crippen molar-refractivity contribution in [3.05, 3.63) is 29.3 Å². The molecule has 0 bridgehead atoms. The largest absolute Gasteiger partial charge is 0.416 e. The molecule has 7 heteroatoms. The van der Waals surface area contributed by atoms with Crippen LogP contribution in [0.4, 0.5) is 18.9 Å². The molecule has 1 aromatic carbocycles. The molecule has 1 aromatic rings. The number of alkyl halides is 5. The van der Waals surface area contributed by atoms with E-state index in [9.17, 15) is 18.0 Å². The fraction of sp³-hybridized carbons (Fsp3) is 0.417. The summed E-state index contributed by atoms with van der Waals surface area (Å²) in [6, 6.07) is 3.71. The molecule has 1 amide bonds. The van der Waals surface area contributed by atoms with Crippen molar-refractivity contribution in [2.75, 3.05) is 11.4 Å². The van der Waals surface area contributed by atoms with Gasteiger partial charge in [0.15, 0.2) is 0 Å². The Hall–Kier alpha value is -0.940. The maximum atomic E-state index is 12.8. The van der Waals surface area contributed by atoms with Gasteiger partial charge in [0.25, 0.3) is 0 Å². The van der Waals surface area contributed by atoms with Gasteiger partial charge in [-0.1, -0.05) is 6.07 Å². The Balaban J connectivity index is 2.45. The van der Waals surface area contributed by atoms with Crippen LogP contribution in [0.2, 0.25) is 0 Å². The van der Waals surface area contributed by atoms with Crippen LogP contribution in [0.1, 0.15) is 11.1 Å². The number of benzene rings is 1. The summed E-state index contributed by atoms with van der Waals surface area (Å²) in [5.74, 6) is -0.468. The molecule has 0 aromatic heterocycles. The van der Waals surface area contributed by atoms with E-state index in [0.29, 0.717) is 0 Å². The predicted octanol–water partition coefficient (Wildman–Crippen LogP) is 3.58. The molecule has 0 radical (unpaired) electrons. The second-order valence-corrected chi connectivity index (χ2v) is 5.34. The first-order chi connectivity index (χ1) is 8.73. The molecule has 0 aliphatic carbocycles. The minimum atomic E-state index is -4.45. The Bertz CT molecular complexity index is 518. The lowest BCUT2D eigenvalue weighted by Crippen LogP contribution is -2.28. The number of halogens is 5. The average molecular weight is 312 g/mol. The van der Waals surface area contributed by atoms with Gasteiger partial charge in [0, 0.05) is 12.2 Å². The molecule has 1 heterocycles. The molecule has 0 N–H and O–H groups in total. The lowest BCUT2D eigenvalue weighted by atomic mass is 10.1. The SMILES string of the molecule is Cc1c(N2CC(Cl)C(Cl)C2=O)cccc1C(F)(F)F. The first-order valence-corrected chi connectivity index (χ1v) is 6.37. The lowest BCUT2D eigenvalue weighted by molar-refractivity contribution is -0.138. The summed E-state index contributed by atoms with van der Waals surface area (Å²) in [4.78, 5) is 13.1. The third-order valence-electron chi connectivity index (χ3n) is 3.08. The van der Waals surface area contributed by atoms with Crippen molar-refractivity contribution in [2.45, 2.75) is 23.9 Å². The summed E-state index contributed by atoms with van der Waals surface area (Å²) in [5, 5.41) is -1.52. The number of anilines is 1. The quantitative estimate of drug-likeness (QED) is 0.726. The van der Waals surface area contributed by atoms with Crippen LogP contribution in [0.3, 0.4) is 0 Å². The second-order valence-electron chi connectivity index (χ2n) is 4.31. The second kappa shape index (κ2) is 4.87. The molecule has 104 valence electrons. The summed E-state index contributed by atoms with van der Waals surface area (Å²) in [6.07, 6.45) is -4.45. The third-order valence-corrected chi connectivity index (χ3v) is 4.09. The van der Waals surface area contributed by atoms with Crippen molar-refractivity contribution in [1.29, 1.82) is 0 Å². The fourth-order valence-electron chi connectivity index (χ4n) is 2.10. The molecule has 2 nitrogen and oxygen atoms in total. The van der Waals surface area contributed by atoms with Crippen molar-refractivity contribution in [2.24, 2.45) is 0 Å². The van der Waals surface area contributed by atoms with Crippen LogP contribution in [0.25, 0.3) is 0 Å². The normalized spacial score (nSPS) is 24.1. The number of nitrogens with zero attached hydrogens (tertiary/aromatic N) is 1. The molecule has 0 saturated carbocycles. The maximum Gasteiger partial charge on any atom is 0.416 e. The van der Waals surface area contributed by atoms with E-state index in [4.69, 9.17) is 23.2 Å². The highest BCUT2D eigenvalue weighted by Crippen LogP contribution is 2.37. The van der Waals surface area contributed by atoms with Gasteiger partial charge in [0.05, 0.1) is 10.9 Å². The molecule has 0 spiro atoms. The Morgan fingerprint density at radius 1 is 1.32 bits per heavy atom. The van der Waals surface area contributed by atoms with Crippen LogP contribution in [0.15, 0.2) is 18.2 Å². The van der Waals surface area contributed by atoms with E-state index in [1.165, 1.54) is 24.0 Å². The van der Waals surface area contributed by atoms with Crippen LogP contribution in [-0.4, -0.2) is 23.2 Å². The van der Waals surface area contributed by atoms with E-state index in [-0.39, 0.29) is 17.8 Å². The van der Waals surface area contributed by atoms with E-state index in [1.54, 1.807) is 0 Å².